The Hall–Kier alpha value is -3.16. The third-order valence-corrected chi connectivity index (χ3v) is 15.5. The minimum Gasteiger partial charge on any atom is -0.454 e. The summed E-state index contributed by atoms with van der Waals surface area (Å²) in [4.78, 5) is 26.6. The van der Waals surface area contributed by atoms with Crippen molar-refractivity contribution in [3.05, 3.63) is 85.1 Å². The smallest absolute Gasteiger partial charge is 0.306 e. The molecule has 8 atom stereocenters. The number of allylic oxidation sites excluding steroid dienone is 13. The number of hydrogen-bond acceptors (Lipinski definition) is 10. The number of hydrogen-bond donors (Lipinski definition) is 6. The second kappa shape index (κ2) is 58.2. The van der Waals surface area contributed by atoms with Crippen molar-refractivity contribution < 1.29 is 49.3 Å². The van der Waals surface area contributed by atoms with E-state index in [1.165, 1.54) is 141 Å². The average Bonchev–Trinajstić information content (AvgIpc) is 3.44. The minimum absolute atomic E-state index is 0.0984. The van der Waals surface area contributed by atoms with E-state index in [4.69, 9.17) is 14.2 Å². The van der Waals surface area contributed by atoms with E-state index in [9.17, 15) is 35.1 Å². The van der Waals surface area contributed by atoms with Gasteiger partial charge in [-0.2, -0.15) is 0 Å². The van der Waals surface area contributed by atoms with Crippen molar-refractivity contribution in [1.82, 2.24) is 5.32 Å². The SMILES string of the molecule is CC/C=C\C/C=C\C/C=C\C/C=C\C/C=C\CCCCCCCC(=O)OC1C(OCC(NC(=O)C(O)CCCCCCCCCCCC/C=C/CCCCCCCC)C(O)/C=C/CCCCCCCCCCCC)OC(CO)C(O)C1O. The van der Waals surface area contributed by atoms with Gasteiger partial charge in [-0.15, -0.1) is 0 Å². The number of unbranched alkanes of at least 4 members (excludes halogenated alkanes) is 31. The van der Waals surface area contributed by atoms with Crippen LogP contribution in [0.25, 0.3) is 0 Å². The monoisotopic (exact) mass is 1150 g/mol. The van der Waals surface area contributed by atoms with E-state index in [2.05, 4.69) is 99.0 Å². The Kier molecular flexibility index (Phi) is 54.6. The van der Waals surface area contributed by atoms with E-state index in [1.807, 2.05) is 6.08 Å². The zero-order valence-electron chi connectivity index (χ0n) is 52.6. The van der Waals surface area contributed by atoms with Crippen LogP contribution in [-0.4, -0.2) is 99.6 Å². The first-order valence-corrected chi connectivity index (χ1v) is 33.9. The van der Waals surface area contributed by atoms with Gasteiger partial charge in [-0.25, -0.2) is 0 Å². The fourth-order valence-electron chi connectivity index (χ4n) is 10.2. The lowest BCUT2D eigenvalue weighted by molar-refractivity contribution is -0.305. The van der Waals surface area contributed by atoms with Crippen LogP contribution in [0, 0.1) is 0 Å². The van der Waals surface area contributed by atoms with Gasteiger partial charge in [-0.1, -0.05) is 273 Å². The molecule has 1 aliphatic heterocycles. The van der Waals surface area contributed by atoms with Crippen molar-refractivity contribution in [2.24, 2.45) is 0 Å². The average molecular weight is 1150 g/mol. The predicted octanol–water partition coefficient (Wildman–Crippen LogP) is 16.9. The highest BCUT2D eigenvalue weighted by Crippen LogP contribution is 2.26. The molecule has 0 saturated carbocycles. The Morgan fingerprint density at radius 2 is 0.878 bits per heavy atom. The lowest BCUT2D eigenvalue weighted by Gasteiger charge is -2.41. The van der Waals surface area contributed by atoms with Crippen LogP contribution in [0.4, 0.5) is 0 Å². The van der Waals surface area contributed by atoms with Crippen molar-refractivity contribution in [1.29, 1.82) is 0 Å². The molecule has 8 unspecified atom stereocenters. The highest BCUT2D eigenvalue weighted by atomic mass is 16.7. The van der Waals surface area contributed by atoms with Gasteiger partial charge in [0.05, 0.1) is 25.4 Å². The Bertz CT molecular complexity index is 1660. The first kappa shape index (κ1) is 76.9. The molecule has 1 rings (SSSR count). The van der Waals surface area contributed by atoms with Gasteiger partial charge in [0.1, 0.15) is 24.4 Å². The van der Waals surface area contributed by atoms with Gasteiger partial charge in [0.25, 0.3) is 0 Å². The number of amides is 1. The molecule has 82 heavy (non-hydrogen) atoms. The fraction of sp³-hybridized carbons (Fsp3) is 0.775. The van der Waals surface area contributed by atoms with Gasteiger partial charge in [-0.3, -0.25) is 9.59 Å². The lowest BCUT2D eigenvalue weighted by Crippen LogP contribution is -2.61. The normalized spacial score (nSPS) is 19.1. The topological polar surface area (TPSA) is 175 Å². The van der Waals surface area contributed by atoms with Crippen LogP contribution >= 0.6 is 0 Å². The van der Waals surface area contributed by atoms with Crippen LogP contribution in [0.3, 0.4) is 0 Å². The Morgan fingerprint density at radius 3 is 1.33 bits per heavy atom. The molecule has 0 bridgehead atoms. The number of ether oxygens (including phenoxy) is 3. The van der Waals surface area contributed by atoms with Crippen molar-refractivity contribution in [3.8, 4) is 0 Å². The van der Waals surface area contributed by atoms with Gasteiger partial charge >= 0.3 is 5.97 Å². The second-order valence-corrected chi connectivity index (χ2v) is 23.2. The number of carbonyl (C=O) groups excluding carboxylic acids is 2. The molecule has 0 aromatic carbocycles. The van der Waals surface area contributed by atoms with Crippen LogP contribution < -0.4 is 5.32 Å². The van der Waals surface area contributed by atoms with Crippen molar-refractivity contribution in [3.63, 3.8) is 0 Å². The van der Waals surface area contributed by atoms with E-state index >= 15 is 0 Å². The van der Waals surface area contributed by atoms with Crippen LogP contribution in [0.1, 0.15) is 290 Å². The van der Waals surface area contributed by atoms with E-state index in [-0.39, 0.29) is 19.4 Å². The first-order chi connectivity index (χ1) is 40.2. The van der Waals surface area contributed by atoms with E-state index in [0.29, 0.717) is 12.8 Å². The van der Waals surface area contributed by atoms with E-state index < -0.39 is 67.4 Å². The number of esters is 1. The molecule has 11 heteroatoms. The summed E-state index contributed by atoms with van der Waals surface area (Å²) in [6.45, 7) is 5.68. The van der Waals surface area contributed by atoms with Crippen molar-refractivity contribution in [2.45, 2.75) is 339 Å². The largest absolute Gasteiger partial charge is 0.454 e. The highest BCUT2D eigenvalue weighted by Gasteiger charge is 2.47. The van der Waals surface area contributed by atoms with Crippen LogP contribution in [0.15, 0.2) is 85.1 Å². The zero-order chi connectivity index (χ0) is 59.6. The number of aliphatic hydroxyl groups is 5. The highest BCUT2D eigenvalue weighted by molar-refractivity contribution is 5.80. The molecule has 1 aliphatic rings. The maximum absolute atomic E-state index is 13.5. The van der Waals surface area contributed by atoms with Gasteiger partial charge in [0.2, 0.25) is 5.91 Å². The molecule has 474 valence electrons. The summed E-state index contributed by atoms with van der Waals surface area (Å²) in [6.07, 6.45) is 66.1. The second-order valence-electron chi connectivity index (χ2n) is 23.2. The van der Waals surface area contributed by atoms with Crippen molar-refractivity contribution >= 4 is 11.9 Å². The number of nitrogens with one attached hydrogen (secondary N) is 1. The molecule has 1 fully saturated rings. The molecule has 1 saturated heterocycles. The Balaban J connectivity index is 2.64. The summed E-state index contributed by atoms with van der Waals surface area (Å²) >= 11 is 0. The quantitative estimate of drug-likeness (QED) is 0.0195. The van der Waals surface area contributed by atoms with Crippen LogP contribution in [0.5, 0.6) is 0 Å². The first-order valence-electron chi connectivity index (χ1n) is 33.9. The molecule has 6 N–H and O–H groups in total. The molecule has 0 aromatic rings. The van der Waals surface area contributed by atoms with Crippen molar-refractivity contribution in [2.75, 3.05) is 13.2 Å². The molecule has 0 radical (unpaired) electrons. The summed E-state index contributed by atoms with van der Waals surface area (Å²) in [5, 5.41) is 57.2. The molecular formula is C71H125NO10. The van der Waals surface area contributed by atoms with E-state index in [1.54, 1.807) is 6.08 Å². The predicted molar refractivity (Wildman–Crippen MR) is 342 cm³/mol. The molecule has 1 heterocycles. The molecule has 0 spiro atoms. The third-order valence-electron chi connectivity index (χ3n) is 15.5. The third kappa shape index (κ3) is 45.2. The summed E-state index contributed by atoms with van der Waals surface area (Å²) in [5.74, 6) is -1.21. The summed E-state index contributed by atoms with van der Waals surface area (Å²) in [5.41, 5.74) is 0. The maximum atomic E-state index is 13.5. The molecular weight excluding hydrogens is 1030 g/mol. The van der Waals surface area contributed by atoms with Crippen LogP contribution in [-0.2, 0) is 23.8 Å². The minimum atomic E-state index is -1.63. The Morgan fingerprint density at radius 1 is 0.488 bits per heavy atom. The lowest BCUT2D eigenvalue weighted by atomic mass is 9.99. The summed E-state index contributed by atoms with van der Waals surface area (Å²) in [6, 6.07) is -1.03. The van der Waals surface area contributed by atoms with Gasteiger partial charge in [0, 0.05) is 6.42 Å². The number of carbonyl (C=O) groups is 2. The standard InChI is InChI=1S/C71H125NO10/c1-4-7-10-13-16-19-22-25-27-29-31-33-35-37-39-41-44-47-50-53-56-59-66(76)82-69-68(78)67(77)65(60-73)81-71(69)80-61-62(63(74)57-54-51-48-45-42-24-21-18-15-12-9-6-3)72-70(79)64(75)58-55-52-49-46-43-40-38-36-34-32-30-28-26-23-20-17-14-11-8-5-2/h7,10,16,19,25-28,31,33,37,39,54,57,62-65,67-69,71,73-75,77-78H,4-6,8-9,11-15,17-18,20-24,29-30,32,34-36,38,40-53,55-56,58-61H2,1-3H3,(H,72,79)/b10-7-,19-16-,27-25-,28-26+,33-31-,39-37-,57-54+. The number of rotatable bonds is 57. The zero-order valence-corrected chi connectivity index (χ0v) is 52.6. The van der Waals surface area contributed by atoms with Gasteiger partial charge < -0.3 is 45.1 Å². The van der Waals surface area contributed by atoms with E-state index in [0.717, 1.165) is 103 Å². The van der Waals surface area contributed by atoms with Gasteiger partial charge in [0.15, 0.2) is 12.4 Å². The Labute approximate surface area is 502 Å². The number of aliphatic hydroxyl groups excluding tert-OH is 5. The van der Waals surface area contributed by atoms with Gasteiger partial charge in [-0.05, 0) is 96.3 Å². The maximum Gasteiger partial charge on any atom is 0.306 e. The molecule has 0 aromatic heterocycles. The molecule has 1 amide bonds. The summed E-state index contributed by atoms with van der Waals surface area (Å²) in [7, 11) is 0. The fourth-order valence-corrected chi connectivity index (χ4v) is 10.2. The summed E-state index contributed by atoms with van der Waals surface area (Å²) < 4.78 is 17.7. The molecule has 11 nitrogen and oxygen atoms in total. The van der Waals surface area contributed by atoms with Crippen LogP contribution in [0.2, 0.25) is 0 Å². The molecule has 0 aliphatic carbocycles.